The van der Waals surface area contributed by atoms with Crippen molar-refractivity contribution in [1.82, 2.24) is 24.9 Å². The number of thioether (sulfide) groups is 1. The first-order valence-electron chi connectivity index (χ1n) is 9.93. The van der Waals surface area contributed by atoms with Crippen LogP contribution in [-0.2, 0) is 11.8 Å². The summed E-state index contributed by atoms with van der Waals surface area (Å²) >= 11 is 1.23. The van der Waals surface area contributed by atoms with Crippen LogP contribution in [-0.4, -0.2) is 50.8 Å². The molecule has 170 valence electrons. The molecule has 0 saturated carbocycles. The topological polar surface area (TPSA) is 117 Å². The predicted molar refractivity (Wildman–Crippen MR) is 123 cm³/mol. The fourth-order valence-corrected chi connectivity index (χ4v) is 3.70. The van der Waals surface area contributed by atoms with Gasteiger partial charge in [-0.25, -0.2) is 0 Å². The van der Waals surface area contributed by atoms with Crippen LogP contribution in [0, 0.1) is 6.92 Å². The highest BCUT2D eigenvalue weighted by Gasteiger charge is 2.19. The molecule has 33 heavy (non-hydrogen) atoms. The minimum Gasteiger partial charge on any atom is -0.497 e. The molecular weight excluding hydrogens is 444 g/mol. The molecule has 0 aliphatic heterocycles. The minimum atomic E-state index is -0.226. The zero-order valence-corrected chi connectivity index (χ0v) is 19.3. The Morgan fingerprint density at radius 2 is 1.91 bits per heavy atom. The molecule has 0 saturated heterocycles. The number of aromatic nitrogens is 5. The Balaban J connectivity index is 1.43. The monoisotopic (exact) mass is 466 g/mol. The molecule has 0 aliphatic carbocycles. The van der Waals surface area contributed by atoms with Crippen molar-refractivity contribution in [2.75, 3.05) is 25.3 Å². The van der Waals surface area contributed by atoms with Gasteiger partial charge in [-0.15, -0.1) is 10.2 Å². The number of nitrogens with one attached hydrogen (secondary N) is 1. The highest BCUT2D eigenvalue weighted by Crippen LogP contribution is 2.29. The third-order valence-electron chi connectivity index (χ3n) is 4.78. The quantitative estimate of drug-likeness (QED) is 0.389. The van der Waals surface area contributed by atoms with Crippen LogP contribution in [0.3, 0.4) is 0 Å². The number of hydrogen-bond donors (Lipinski definition) is 1. The summed E-state index contributed by atoms with van der Waals surface area (Å²) in [5.41, 5.74) is 2.51. The van der Waals surface area contributed by atoms with Crippen molar-refractivity contribution in [1.29, 1.82) is 0 Å². The number of carbonyl (C=O) groups excluding carboxylic acids is 1. The predicted octanol–water partition coefficient (Wildman–Crippen LogP) is 3.59. The average Bonchev–Trinajstić information content (AvgIpc) is 3.45. The number of methoxy groups -OCH3 is 2. The standard InChI is InChI=1S/C22H22N6O4S/c1-13-5-7-14(8-6-13)19-24-21(32-27-19)20-25-26-22(28(20)2)33-12-18(29)23-16-11-15(30-3)9-10-17(16)31-4/h5-11H,12H2,1-4H3,(H,23,29). The van der Waals surface area contributed by atoms with Gasteiger partial charge in [0.15, 0.2) is 5.16 Å². The van der Waals surface area contributed by atoms with E-state index >= 15 is 0 Å². The van der Waals surface area contributed by atoms with Crippen molar-refractivity contribution in [3.8, 4) is 34.6 Å². The highest BCUT2D eigenvalue weighted by atomic mass is 32.2. The maximum Gasteiger partial charge on any atom is 0.296 e. The number of aryl methyl sites for hydroxylation is 1. The van der Waals surface area contributed by atoms with Crippen LogP contribution in [0.2, 0.25) is 0 Å². The Labute approximate surface area is 194 Å². The van der Waals surface area contributed by atoms with E-state index < -0.39 is 0 Å². The van der Waals surface area contributed by atoms with E-state index in [-0.39, 0.29) is 17.6 Å². The molecule has 0 aliphatic rings. The number of anilines is 1. The van der Waals surface area contributed by atoms with E-state index in [9.17, 15) is 4.79 Å². The number of ether oxygens (including phenoxy) is 2. The molecule has 0 fully saturated rings. The normalized spacial score (nSPS) is 10.8. The van der Waals surface area contributed by atoms with Gasteiger partial charge in [-0.1, -0.05) is 46.7 Å². The van der Waals surface area contributed by atoms with Gasteiger partial charge in [0.05, 0.1) is 25.7 Å². The van der Waals surface area contributed by atoms with E-state index in [2.05, 4.69) is 25.7 Å². The molecule has 2 aromatic carbocycles. The lowest BCUT2D eigenvalue weighted by Crippen LogP contribution is -2.15. The molecule has 1 amide bonds. The summed E-state index contributed by atoms with van der Waals surface area (Å²) < 4.78 is 17.6. The Morgan fingerprint density at radius 1 is 1.12 bits per heavy atom. The summed E-state index contributed by atoms with van der Waals surface area (Å²) in [6, 6.07) is 13.0. The number of rotatable bonds is 8. The van der Waals surface area contributed by atoms with Crippen molar-refractivity contribution < 1.29 is 18.8 Å². The first-order valence-corrected chi connectivity index (χ1v) is 10.9. The smallest absolute Gasteiger partial charge is 0.296 e. The molecule has 4 aromatic rings. The molecule has 1 N–H and O–H groups in total. The Hall–Kier alpha value is -3.86. The largest absolute Gasteiger partial charge is 0.497 e. The maximum atomic E-state index is 12.5. The molecule has 0 atom stereocenters. The third-order valence-corrected chi connectivity index (χ3v) is 5.80. The summed E-state index contributed by atoms with van der Waals surface area (Å²) in [6.07, 6.45) is 0. The van der Waals surface area contributed by atoms with Crippen LogP contribution < -0.4 is 14.8 Å². The van der Waals surface area contributed by atoms with Crippen LogP contribution in [0.1, 0.15) is 5.56 Å². The van der Waals surface area contributed by atoms with E-state index in [4.69, 9.17) is 14.0 Å². The van der Waals surface area contributed by atoms with E-state index in [1.807, 2.05) is 31.2 Å². The zero-order valence-electron chi connectivity index (χ0n) is 18.5. The molecular formula is C22H22N6O4S. The summed E-state index contributed by atoms with van der Waals surface area (Å²) in [7, 11) is 4.87. The van der Waals surface area contributed by atoms with Crippen LogP contribution in [0.25, 0.3) is 23.1 Å². The lowest BCUT2D eigenvalue weighted by atomic mass is 10.1. The summed E-state index contributed by atoms with van der Waals surface area (Å²) in [6.45, 7) is 2.01. The number of benzene rings is 2. The van der Waals surface area contributed by atoms with Crippen LogP contribution in [0.5, 0.6) is 11.5 Å². The van der Waals surface area contributed by atoms with Gasteiger partial charge in [-0.3, -0.25) is 4.79 Å². The van der Waals surface area contributed by atoms with Gasteiger partial charge in [-0.2, -0.15) is 4.98 Å². The molecule has 0 spiro atoms. The number of carbonyl (C=O) groups is 1. The molecule has 10 nitrogen and oxygen atoms in total. The van der Waals surface area contributed by atoms with Gasteiger partial charge in [0.2, 0.25) is 17.6 Å². The second-order valence-corrected chi connectivity index (χ2v) is 8.00. The second kappa shape index (κ2) is 9.74. The number of nitrogens with zero attached hydrogens (tertiary/aromatic N) is 5. The van der Waals surface area contributed by atoms with E-state index in [1.54, 1.807) is 36.9 Å². The fourth-order valence-electron chi connectivity index (χ4n) is 2.99. The summed E-state index contributed by atoms with van der Waals surface area (Å²) in [4.78, 5) is 16.9. The Bertz CT molecular complexity index is 1270. The van der Waals surface area contributed by atoms with Crippen LogP contribution in [0.4, 0.5) is 5.69 Å². The first kappa shape index (κ1) is 22.3. The van der Waals surface area contributed by atoms with Gasteiger partial charge >= 0.3 is 0 Å². The third kappa shape index (κ3) is 4.98. The average molecular weight is 467 g/mol. The SMILES string of the molecule is COc1ccc(OC)c(NC(=O)CSc2nnc(-c3nc(-c4ccc(C)cc4)no3)n2C)c1. The van der Waals surface area contributed by atoms with Gasteiger partial charge in [-0.05, 0) is 19.1 Å². The molecule has 2 aromatic heterocycles. The molecule has 0 bridgehead atoms. The van der Waals surface area contributed by atoms with Crippen LogP contribution in [0.15, 0.2) is 52.1 Å². The molecule has 2 heterocycles. The highest BCUT2D eigenvalue weighted by molar-refractivity contribution is 7.99. The van der Waals surface area contributed by atoms with Crippen molar-refractivity contribution in [3.63, 3.8) is 0 Å². The lowest BCUT2D eigenvalue weighted by Gasteiger charge is -2.11. The molecule has 4 rings (SSSR count). The van der Waals surface area contributed by atoms with Crippen molar-refractivity contribution in [3.05, 3.63) is 48.0 Å². The number of amides is 1. The summed E-state index contributed by atoms with van der Waals surface area (Å²) in [5, 5.41) is 15.7. The molecule has 11 heteroatoms. The van der Waals surface area contributed by atoms with Crippen molar-refractivity contribution in [2.24, 2.45) is 7.05 Å². The molecule has 0 unspecified atom stereocenters. The van der Waals surface area contributed by atoms with Crippen LogP contribution >= 0.6 is 11.8 Å². The zero-order chi connectivity index (χ0) is 23.4. The summed E-state index contributed by atoms with van der Waals surface area (Å²) in [5.74, 6) is 2.17. The van der Waals surface area contributed by atoms with E-state index in [0.29, 0.717) is 34.0 Å². The minimum absolute atomic E-state index is 0.116. The fraction of sp³-hybridized carbons (Fsp3) is 0.227. The van der Waals surface area contributed by atoms with Gasteiger partial charge < -0.3 is 23.9 Å². The van der Waals surface area contributed by atoms with Gasteiger partial charge in [0.1, 0.15) is 11.5 Å². The number of hydrogen-bond acceptors (Lipinski definition) is 9. The second-order valence-electron chi connectivity index (χ2n) is 7.06. The first-order chi connectivity index (χ1) is 16.0. The van der Waals surface area contributed by atoms with E-state index in [1.165, 1.54) is 18.9 Å². The Morgan fingerprint density at radius 3 is 2.64 bits per heavy atom. The van der Waals surface area contributed by atoms with E-state index in [0.717, 1.165) is 11.1 Å². The maximum absolute atomic E-state index is 12.5. The van der Waals surface area contributed by atoms with Crippen molar-refractivity contribution in [2.45, 2.75) is 12.1 Å². The Kier molecular flexibility index (Phi) is 6.59. The van der Waals surface area contributed by atoms with Crippen molar-refractivity contribution >= 4 is 23.4 Å². The lowest BCUT2D eigenvalue weighted by molar-refractivity contribution is -0.113. The van der Waals surface area contributed by atoms with Gasteiger partial charge in [0.25, 0.3) is 5.89 Å². The van der Waals surface area contributed by atoms with Gasteiger partial charge in [0, 0.05) is 18.7 Å². The molecule has 0 radical (unpaired) electrons.